The normalized spacial score (nSPS) is 10.9. The molecule has 0 N–H and O–H groups in total. The van der Waals surface area contributed by atoms with Crippen LogP contribution in [0, 0.1) is 10.1 Å². The summed E-state index contributed by atoms with van der Waals surface area (Å²) in [4.78, 5) is 21.7. The van der Waals surface area contributed by atoms with Gasteiger partial charge in [-0.15, -0.1) is 0 Å². The first-order valence-corrected chi connectivity index (χ1v) is 9.26. The number of carbonyl (C=O) groups excluding carboxylic acids is 1. The Morgan fingerprint density at radius 3 is 2.12 bits per heavy atom. The highest BCUT2D eigenvalue weighted by molar-refractivity contribution is 5.83. The summed E-state index contributed by atoms with van der Waals surface area (Å²) in [6, 6.07) is 5.47. The molecule has 0 unspecified atom stereocenters. The minimum atomic E-state index is -0.489. The minimum Gasteiger partial charge on any atom is -0.423 e. The fraction of sp³-hybridized carbons (Fsp3) is 0.550. The lowest BCUT2D eigenvalue weighted by atomic mass is 10.1. The lowest BCUT2D eigenvalue weighted by molar-refractivity contribution is -0.384. The standard InChI is InChI=1S/C20H29NO4/c1-2-3-4-5-6-7-8-9-10-11-12-13-20(22)25-19-16-14-18(15-17-19)21(23)24/h12-17H,2-11H2,1H3/b13-12+. The maximum atomic E-state index is 11.6. The molecular weight excluding hydrogens is 318 g/mol. The topological polar surface area (TPSA) is 69.4 Å². The van der Waals surface area contributed by atoms with Crippen LogP contribution in [0.5, 0.6) is 5.75 Å². The lowest BCUT2D eigenvalue weighted by Gasteiger charge is -2.01. The minimum absolute atomic E-state index is 0.0271. The fourth-order valence-corrected chi connectivity index (χ4v) is 2.54. The third-order valence-corrected chi connectivity index (χ3v) is 3.99. The van der Waals surface area contributed by atoms with Crippen molar-refractivity contribution in [3.8, 4) is 5.75 Å². The Kier molecular flexibility index (Phi) is 11.0. The Labute approximate surface area is 150 Å². The fourth-order valence-electron chi connectivity index (χ4n) is 2.54. The van der Waals surface area contributed by atoms with E-state index in [4.69, 9.17) is 4.74 Å². The number of hydrogen-bond acceptors (Lipinski definition) is 4. The van der Waals surface area contributed by atoms with E-state index in [1.165, 1.54) is 81.7 Å². The van der Waals surface area contributed by atoms with E-state index in [1.807, 2.05) is 6.08 Å². The molecule has 0 saturated heterocycles. The summed E-state index contributed by atoms with van der Waals surface area (Å²) in [5.41, 5.74) is -0.0271. The summed E-state index contributed by atoms with van der Waals surface area (Å²) in [5, 5.41) is 10.5. The smallest absolute Gasteiger partial charge is 0.335 e. The highest BCUT2D eigenvalue weighted by Gasteiger charge is 2.06. The molecule has 1 aromatic carbocycles. The van der Waals surface area contributed by atoms with E-state index in [2.05, 4.69) is 6.92 Å². The second-order valence-corrected chi connectivity index (χ2v) is 6.19. The van der Waals surface area contributed by atoms with Gasteiger partial charge in [-0.1, -0.05) is 64.4 Å². The van der Waals surface area contributed by atoms with E-state index in [1.54, 1.807) is 0 Å². The largest absolute Gasteiger partial charge is 0.423 e. The van der Waals surface area contributed by atoms with Crippen LogP contribution in [-0.2, 0) is 4.79 Å². The molecule has 1 rings (SSSR count). The molecule has 0 aliphatic carbocycles. The van der Waals surface area contributed by atoms with Gasteiger partial charge in [-0.3, -0.25) is 10.1 Å². The van der Waals surface area contributed by atoms with Crippen molar-refractivity contribution in [1.29, 1.82) is 0 Å². The number of rotatable bonds is 13. The molecule has 0 aromatic heterocycles. The first kappa shape index (κ1) is 20.9. The van der Waals surface area contributed by atoms with Crippen molar-refractivity contribution in [3.05, 3.63) is 46.5 Å². The van der Waals surface area contributed by atoms with Crippen LogP contribution in [-0.4, -0.2) is 10.9 Å². The van der Waals surface area contributed by atoms with Crippen molar-refractivity contribution in [2.24, 2.45) is 0 Å². The zero-order valence-corrected chi connectivity index (χ0v) is 15.1. The van der Waals surface area contributed by atoms with Crippen molar-refractivity contribution in [3.63, 3.8) is 0 Å². The summed E-state index contributed by atoms with van der Waals surface area (Å²) in [6.45, 7) is 2.23. The highest BCUT2D eigenvalue weighted by atomic mass is 16.6. The maximum absolute atomic E-state index is 11.6. The summed E-state index contributed by atoms with van der Waals surface area (Å²) in [5.74, 6) is -0.145. The number of nitrogens with zero attached hydrogens (tertiary/aromatic N) is 1. The molecule has 25 heavy (non-hydrogen) atoms. The monoisotopic (exact) mass is 347 g/mol. The third-order valence-electron chi connectivity index (χ3n) is 3.99. The molecule has 0 saturated carbocycles. The van der Waals surface area contributed by atoms with Gasteiger partial charge < -0.3 is 4.74 Å². The lowest BCUT2D eigenvalue weighted by Crippen LogP contribution is -2.03. The Bertz CT molecular complexity index is 537. The van der Waals surface area contributed by atoms with Gasteiger partial charge in [0, 0.05) is 18.2 Å². The van der Waals surface area contributed by atoms with Gasteiger partial charge in [0.1, 0.15) is 5.75 Å². The number of non-ortho nitro benzene ring substituents is 1. The van der Waals surface area contributed by atoms with Crippen molar-refractivity contribution < 1.29 is 14.5 Å². The predicted molar refractivity (Wildman–Crippen MR) is 99.7 cm³/mol. The van der Waals surface area contributed by atoms with Crippen LogP contribution in [0.15, 0.2) is 36.4 Å². The van der Waals surface area contributed by atoms with Crippen LogP contribution in [0.4, 0.5) is 5.69 Å². The molecule has 0 fully saturated rings. The summed E-state index contributed by atoms with van der Waals surface area (Å²) in [6.07, 6.45) is 15.6. The molecule has 138 valence electrons. The summed E-state index contributed by atoms with van der Waals surface area (Å²) in [7, 11) is 0. The van der Waals surface area contributed by atoms with Crippen molar-refractivity contribution in [2.75, 3.05) is 0 Å². The molecule has 0 amide bonds. The third kappa shape index (κ3) is 10.3. The van der Waals surface area contributed by atoms with Crippen molar-refractivity contribution in [2.45, 2.75) is 71.1 Å². The molecule has 0 heterocycles. The maximum Gasteiger partial charge on any atom is 0.335 e. The Morgan fingerprint density at radius 1 is 1.00 bits per heavy atom. The van der Waals surface area contributed by atoms with E-state index < -0.39 is 10.9 Å². The van der Waals surface area contributed by atoms with Crippen LogP contribution in [0.25, 0.3) is 0 Å². The van der Waals surface area contributed by atoms with Crippen LogP contribution in [0.3, 0.4) is 0 Å². The number of benzene rings is 1. The van der Waals surface area contributed by atoms with Crippen LogP contribution >= 0.6 is 0 Å². The second kappa shape index (κ2) is 13.2. The number of nitro benzene ring substituents is 1. The molecule has 0 radical (unpaired) electrons. The van der Waals surface area contributed by atoms with Gasteiger partial charge in [-0.2, -0.15) is 0 Å². The molecule has 1 aromatic rings. The van der Waals surface area contributed by atoms with E-state index in [0.29, 0.717) is 5.75 Å². The zero-order chi connectivity index (χ0) is 18.3. The Hall–Kier alpha value is -2.17. The molecule has 0 spiro atoms. The van der Waals surface area contributed by atoms with Gasteiger partial charge in [-0.25, -0.2) is 4.79 Å². The van der Waals surface area contributed by atoms with Crippen molar-refractivity contribution in [1.82, 2.24) is 0 Å². The first-order chi connectivity index (χ1) is 12.1. The van der Waals surface area contributed by atoms with E-state index in [-0.39, 0.29) is 5.69 Å². The Balaban J connectivity index is 2.07. The average molecular weight is 347 g/mol. The van der Waals surface area contributed by atoms with Gasteiger partial charge in [-0.05, 0) is 25.0 Å². The summed E-state index contributed by atoms with van der Waals surface area (Å²) < 4.78 is 5.09. The van der Waals surface area contributed by atoms with E-state index in [0.717, 1.165) is 12.8 Å². The molecule has 0 atom stereocenters. The van der Waals surface area contributed by atoms with E-state index in [9.17, 15) is 14.9 Å². The first-order valence-electron chi connectivity index (χ1n) is 9.26. The molecule has 0 aliphatic rings. The molecule has 5 nitrogen and oxygen atoms in total. The molecular formula is C20H29NO4. The average Bonchev–Trinajstić information content (AvgIpc) is 2.60. The predicted octanol–water partition coefficient (Wildman–Crippen LogP) is 5.98. The van der Waals surface area contributed by atoms with Gasteiger partial charge in [0.05, 0.1) is 4.92 Å². The van der Waals surface area contributed by atoms with E-state index >= 15 is 0 Å². The molecule has 5 heteroatoms. The number of esters is 1. The quantitative estimate of drug-likeness (QED) is 0.110. The number of allylic oxidation sites excluding steroid dienone is 1. The molecule has 0 aliphatic heterocycles. The van der Waals surface area contributed by atoms with Crippen LogP contribution in [0.1, 0.15) is 71.1 Å². The number of carbonyl (C=O) groups is 1. The number of unbranched alkanes of at least 4 members (excludes halogenated alkanes) is 9. The Morgan fingerprint density at radius 2 is 1.56 bits per heavy atom. The van der Waals surface area contributed by atoms with Crippen LogP contribution in [0.2, 0.25) is 0 Å². The number of hydrogen-bond donors (Lipinski definition) is 0. The van der Waals surface area contributed by atoms with Gasteiger partial charge >= 0.3 is 5.97 Å². The second-order valence-electron chi connectivity index (χ2n) is 6.19. The highest BCUT2D eigenvalue weighted by Crippen LogP contribution is 2.17. The zero-order valence-electron chi connectivity index (χ0n) is 15.1. The number of ether oxygens (including phenoxy) is 1. The summed E-state index contributed by atoms with van der Waals surface area (Å²) >= 11 is 0. The van der Waals surface area contributed by atoms with Gasteiger partial charge in [0.15, 0.2) is 0 Å². The number of nitro groups is 1. The molecule has 0 bridgehead atoms. The SMILES string of the molecule is CCCCCCCCCCC/C=C/C(=O)Oc1ccc([N+](=O)[O-])cc1. The van der Waals surface area contributed by atoms with Gasteiger partial charge in [0.25, 0.3) is 5.69 Å². The van der Waals surface area contributed by atoms with Gasteiger partial charge in [0.2, 0.25) is 0 Å². The van der Waals surface area contributed by atoms with Crippen molar-refractivity contribution >= 4 is 11.7 Å². The van der Waals surface area contributed by atoms with Crippen LogP contribution < -0.4 is 4.74 Å².